The maximum atomic E-state index is 12.7. The molecule has 7 nitrogen and oxygen atoms in total. The van der Waals surface area contributed by atoms with Gasteiger partial charge in [-0.05, 0) is 42.5 Å². The smallest absolute Gasteiger partial charge is 0.281 e. The van der Waals surface area contributed by atoms with Gasteiger partial charge in [0.05, 0.1) is 5.69 Å². The molecule has 0 radical (unpaired) electrons. The molecular weight excluding hydrogens is 482 g/mol. The van der Waals surface area contributed by atoms with Gasteiger partial charge in [-0.3, -0.25) is 15.0 Å². The summed E-state index contributed by atoms with van der Waals surface area (Å²) in [4.78, 5) is 25.3. The largest absolute Gasteiger partial charge is 0.317 e. The first-order valence-corrected chi connectivity index (χ1v) is 10.8. The van der Waals surface area contributed by atoms with E-state index in [2.05, 4.69) is 26.7 Å². The molecule has 0 spiro atoms. The molecule has 3 aromatic carbocycles. The van der Waals surface area contributed by atoms with Gasteiger partial charge in [0.2, 0.25) is 0 Å². The normalized spacial score (nSPS) is 11.2. The third kappa shape index (κ3) is 5.25. The molecule has 164 valence electrons. The highest BCUT2D eigenvalue weighted by Crippen LogP contribution is 2.25. The Kier molecular flexibility index (Phi) is 6.77. The molecular formula is C25H20BrN5O2. The maximum Gasteiger partial charge on any atom is 0.281 e. The van der Waals surface area contributed by atoms with Crippen molar-refractivity contribution in [2.45, 2.75) is 0 Å². The van der Waals surface area contributed by atoms with E-state index >= 15 is 0 Å². The number of benzene rings is 3. The lowest BCUT2D eigenvalue weighted by Gasteiger charge is -2.09. The number of hydrazine groups is 1. The molecule has 0 fully saturated rings. The zero-order chi connectivity index (χ0) is 23.2. The van der Waals surface area contributed by atoms with Crippen LogP contribution in [0, 0.1) is 0 Å². The molecule has 1 aromatic heterocycles. The van der Waals surface area contributed by atoms with Gasteiger partial charge in [0.1, 0.15) is 11.4 Å². The Labute approximate surface area is 199 Å². The lowest BCUT2D eigenvalue weighted by atomic mass is 10.1. The van der Waals surface area contributed by atoms with Crippen LogP contribution in [0.2, 0.25) is 0 Å². The number of hydrogen-bond donors (Lipinski definition) is 3. The summed E-state index contributed by atoms with van der Waals surface area (Å²) < 4.78 is 2.57. The number of carbonyl (C=O) groups excluding carboxylic acids is 2. The zero-order valence-electron chi connectivity index (χ0n) is 17.4. The van der Waals surface area contributed by atoms with Gasteiger partial charge in [-0.2, -0.15) is 5.10 Å². The van der Waals surface area contributed by atoms with E-state index in [1.165, 1.54) is 0 Å². The van der Waals surface area contributed by atoms with Crippen molar-refractivity contribution in [3.8, 4) is 16.9 Å². The fourth-order valence-corrected chi connectivity index (χ4v) is 3.48. The van der Waals surface area contributed by atoms with Gasteiger partial charge in [0.15, 0.2) is 0 Å². The minimum Gasteiger partial charge on any atom is -0.317 e. The predicted octanol–water partition coefficient (Wildman–Crippen LogP) is 4.06. The minimum atomic E-state index is -0.632. The molecule has 0 aliphatic carbocycles. The topological polar surface area (TPSA) is 102 Å². The lowest BCUT2D eigenvalue weighted by molar-refractivity contribution is -0.117. The second kappa shape index (κ2) is 10.1. The first kappa shape index (κ1) is 22.2. The number of para-hydroxylation sites is 1. The summed E-state index contributed by atoms with van der Waals surface area (Å²) in [6, 6.07) is 26.0. The van der Waals surface area contributed by atoms with E-state index in [1.807, 2.05) is 60.7 Å². The monoisotopic (exact) mass is 501 g/mol. The number of rotatable bonds is 6. The molecule has 0 aliphatic heterocycles. The van der Waals surface area contributed by atoms with Gasteiger partial charge in [-0.15, -0.1) is 0 Å². The third-order valence-corrected chi connectivity index (χ3v) is 5.37. The number of halogens is 1. The standard InChI is InChI=1S/C25H20BrN5O2/c26-20-13-11-18(12-14-20)24(32)28-22(25(33)29-27)15-19-16-31(21-9-5-2-6-10-21)30-23(19)17-7-3-1-4-8-17/h1-16H,27H2,(H,28,32)(H,29,33). The fraction of sp³-hybridized carbons (Fsp3) is 0. The highest BCUT2D eigenvalue weighted by molar-refractivity contribution is 9.10. The van der Waals surface area contributed by atoms with E-state index in [-0.39, 0.29) is 5.70 Å². The number of nitrogens with two attached hydrogens (primary N) is 1. The van der Waals surface area contributed by atoms with Gasteiger partial charge in [-0.25, -0.2) is 10.5 Å². The van der Waals surface area contributed by atoms with Crippen molar-refractivity contribution in [3.05, 3.63) is 112 Å². The van der Waals surface area contributed by atoms with Crippen molar-refractivity contribution in [2.75, 3.05) is 0 Å². The van der Waals surface area contributed by atoms with Crippen molar-refractivity contribution in [1.82, 2.24) is 20.5 Å². The van der Waals surface area contributed by atoms with E-state index in [9.17, 15) is 9.59 Å². The molecule has 0 saturated heterocycles. The van der Waals surface area contributed by atoms with Crippen molar-refractivity contribution in [3.63, 3.8) is 0 Å². The zero-order valence-corrected chi connectivity index (χ0v) is 19.0. The van der Waals surface area contributed by atoms with E-state index in [0.717, 1.165) is 15.7 Å². The first-order chi connectivity index (χ1) is 16.0. The highest BCUT2D eigenvalue weighted by Gasteiger charge is 2.17. The van der Waals surface area contributed by atoms with E-state index in [0.29, 0.717) is 16.8 Å². The number of aromatic nitrogens is 2. The summed E-state index contributed by atoms with van der Waals surface area (Å²) in [6.07, 6.45) is 3.36. The number of amides is 2. The summed E-state index contributed by atoms with van der Waals surface area (Å²) in [5, 5.41) is 7.38. The Morgan fingerprint density at radius 3 is 2.18 bits per heavy atom. The molecule has 4 aromatic rings. The van der Waals surface area contributed by atoms with Crippen molar-refractivity contribution < 1.29 is 9.59 Å². The molecule has 0 unspecified atom stereocenters. The summed E-state index contributed by atoms with van der Waals surface area (Å²) in [5.41, 5.74) is 5.50. The quantitative estimate of drug-likeness (QED) is 0.160. The Morgan fingerprint density at radius 2 is 1.55 bits per heavy atom. The maximum absolute atomic E-state index is 12.7. The third-order valence-electron chi connectivity index (χ3n) is 4.84. The van der Waals surface area contributed by atoms with E-state index in [4.69, 9.17) is 10.9 Å². The number of carbonyl (C=O) groups is 2. The van der Waals surface area contributed by atoms with Gasteiger partial charge in [0.25, 0.3) is 11.8 Å². The molecule has 4 N–H and O–H groups in total. The lowest BCUT2D eigenvalue weighted by Crippen LogP contribution is -2.38. The van der Waals surface area contributed by atoms with Crippen LogP contribution in [0.3, 0.4) is 0 Å². The SMILES string of the molecule is NNC(=O)C(=Cc1cn(-c2ccccc2)nc1-c1ccccc1)NC(=O)c1ccc(Br)cc1. The highest BCUT2D eigenvalue weighted by atomic mass is 79.9. The second-order valence-corrected chi connectivity index (χ2v) is 7.99. The number of hydrogen-bond acceptors (Lipinski definition) is 4. The molecule has 1 heterocycles. The second-order valence-electron chi connectivity index (χ2n) is 7.07. The average molecular weight is 502 g/mol. The molecule has 0 saturated carbocycles. The van der Waals surface area contributed by atoms with Gasteiger partial charge >= 0.3 is 0 Å². The van der Waals surface area contributed by atoms with Crippen LogP contribution >= 0.6 is 15.9 Å². The molecule has 0 atom stereocenters. The summed E-state index contributed by atoms with van der Waals surface area (Å²) in [6.45, 7) is 0. The van der Waals surface area contributed by atoms with Crippen LogP contribution in [0.4, 0.5) is 0 Å². The van der Waals surface area contributed by atoms with Crippen molar-refractivity contribution in [2.24, 2.45) is 5.84 Å². The number of nitrogens with one attached hydrogen (secondary N) is 2. The van der Waals surface area contributed by atoms with E-state index < -0.39 is 11.8 Å². The molecule has 33 heavy (non-hydrogen) atoms. The van der Waals surface area contributed by atoms with Crippen LogP contribution in [0.5, 0.6) is 0 Å². The van der Waals surface area contributed by atoms with Crippen LogP contribution in [0.1, 0.15) is 15.9 Å². The fourth-order valence-electron chi connectivity index (χ4n) is 3.21. The Hall–Kier alpha value is -4.01. The average Bonchev–Trinajstić information content (AvgIpc) is 3.28. The molecule has 8 heteroatoms. The Morgan fingerprint density at radius 1 is 0.909 bits per heavy atom. The molecule has 0 bridgehead atoms. The van der Waals surface area contributed by atoms with Crippen LogP contribution in [-0.4, -0.2) is 21.6 Å². The minimum absolute atomic E-state index is 0.00443. The molecule has 0 aliphatic rings. The Balaban J connectivity index is 1.77. The van der Waals surface area contributed by atoms with Gasteiger partial charge in [0, 0.05) is 27.4 Å². The molecule has 4 rings (SSSR count). The van der Waals surface area contributed by atoms with Crippen molar-refractivity contribution in [1.29, 1.82) is 0 Å². The Bertz CT molecular complexity index is 1300. The first-order valence-electron chi connectivity index (χ1n) is 10.1. The van der Waals surface area contributed by atoms with E-state index in [1.54, 1.807) is 41.2 Å². The summed E-state index contributed by atoms with van der Waals surface area (Å²) in [7, 11) is 0. The van der Waals surface area contributed by atoms with Crippen LogP contribution in [0.15, 0.2) is 101 Å². The predicted molar refractivity (Wildman–Crippen MR) is 131 cm³/mol. The van der Waals surface area contributed by atoms with Crippen molar-refractivity contribution >= 4 is 33.8 Å². The van der Waals surface area contributed by atoms with Gasteiger partial charge < -0.3 is 5.32 Å². The summed E-state index contributed by atoms with van der Waals surface area (Å²) >= 11 is 3.34. The van der Waals surface area contributed by atoms with Crippen LogP contribution < -0.4 is 16.6 Å². The van der Waals surface area contributed by atoms with Gasteiger partial charge in [-0.1, -0.05) is 64.5 Å². The summed E-state index contributed by atoms with van der Waals surface area (Å²) in [5.74, 6) is 4.32. The number of nitrogens with zero attached hydrogens (tertiary/aromatic N) is 2. The van der Waals surface area contributed by atoms with Crippen LogP contribution in [-0.2, 0) is 4.79 Å². The molecule has 2 amide bonds. The van der Waals surface area contributed by atoms with Crippen LogP contribution in [0.25, 0.3) is 23.0 Å².